The van der Waals surface area contributed by atoms with Crippen LogP contribution < -0.4 is 5.32 Å². The molecule has 0 aromatic rings. The Bertz CT molecular complexity index is 209. The molecule has 15 heavy (non-hydrogen) atoms. The molecule has 0 bridgehead atoms. The monoisotopic (exact) mass is 214 g/mol. The van der Waals surface area contributed by atoms with Crippen LogP contribution in [-0.4, -0.2) is 42.8 Å². The second-order valence-electron chi connectivity index (χ2n) is 4.84. The van der Waals surface area contributed by atoms with Crippen molar-refractivity contribution in [1.29, 1.82) is 0 Å². The van der Waals surface area contributed by atoms with E-state index in [2.05, 4.69) is 19.2 Å². The minimum atomic E-state index is -0.177. The lowest BCUT2D eigenvalue weighted by Crippen LogP contribution is -2.56. The van der Waals surface area contributed by atoms with Crippen molar-refractivity contribution in [3.8, 4) is 0 Å². The van der Waals surface area contributed by atoms with E-state index in [9.17, 15) is 4.79 Å². The van der Waals surface area contributed by atoms with Gasteiger partial charge < -0.3 is 15.0 Å². The van der Waals surface area contributed by atoms with Gasteiger partial charge in [0.1, 0.15) is 0 Å². The summed E-state index contributed by atoms with van der Waals surface area (Å²) in [4.78, 5) is 13.5. The third-order valence-electron chi connectivity index (χ3n) is 2.36. The number of amides is 1. The molecular formula is C11H22N2O2. The highest BCUT2D eigenvalue weighted by molar-refractivity contribution is 5.67. The van der Waals surface area contributed by atoms with Crippen LogP contribution in [0.5, 0.6) is 0 Å². The zero-order valence-electron chi connectivity index (χ0n) is 10.1. The molecule has 0 aliphatic carbocycles. The van der Waals surface area contributed by atoms with Gasteiger partial charge in [-0.25, -0.2) is 4.79 Å². The molecule has 1 rings (SSSR count). The molecule has 0 saturated carbocycles. The number of hydrogen-bond acceptors (Lipinski definition) is 3. The molecule has 1 heterocycles. The first-order valence-electron chi connectivity index (χ1n) is 5.66. The Labute approximate surface area is 92.0 Å². The number of nitrogens with one attached hydrogen (secondary N) is 1. The van der Waals surface area contributed by atoms with E-state index in [-0.39, 0.29) is 6.09 Å². The Morgan fingerprint density at radius 3 is 2.40 bits per heavy atom. The minimum absolute atomic E-state index is 0.177. The topological polar surface area (TPSA) is 41.6 Å². The maximum atomic E-state index is 11.7. The number of carbonyl (C=O) groups excluding carboxylic acids is 1. The standard InChI is InChI=1S/C11H22N2O2/c1-8(2)7-15-11(14)13-5-9(3)12-10(4)6-13/h8-10,12H,5-7H2,1-4H3. The summed E-state index contributed by atoms with van der Waals surface area (Å²) in [6.45, 7) is 10.2. The molecular weight excluding hydrogens is 192 g/mol. The van der Waals surface area contributed by atoms with Gasteiger partial charge in [0.05, 0.1) is 6.61 Å². The second-order valence-corrected chi connectivity index (χ2v) is 4.84. The predicted molar refractivity (Wildman–Crippen MR) is 59.8 cm³/mol. The summed E-state index contributed by atoms with van der Waals surface area (Å²) < 4.78 is 5.20. The van der Waals surface area contributed by atoms with Gasteiger partial charge in [0.25, 0.3) is 0 Å². The van der Waals surface area contributed by atoms with Crippen molar-refractivity contribution in [3.05, 3.63) is 0 Å². The average molecular weight is 214 g/mol. The summed E-state index contributed by atoms with van der Waals surface area (Å²) in [7, 11) is 0. The molecule has 1 aliphatic heterocycles. The van der Waals surface area contributed by atoms with Gasteiger partial charge >= 0.3 is 6.09 Å². The van der Waals surface area contributed by atoms with Crippen LogP contribution in [0.2, 0.25) is 0 Å². The molecule has 88 valence electrons. The summed E-state index contributed by atoms with van der Waals surface area (Å²) in [5.41, 5.74) is 0. The molecule has 4 heteroatoms. The lowest BCUT2D eigenvalue weighted by molar-refractivity contribution is 0.0760. The first-order valence-corrected chi connectivity index (χ1v) is 5.66. The molecule has 1 fully saturated rings. The van der Waals surface area contributed by atoms with E-state index in [1.165, 1.54) is 0 Å². The Balaban J connectivity index is 2.38. The Morgan fingerprint density at radius 2 is 1.93 bits per heavy atom. The van der Waals surface area contributed by atoms with Gasteiger partial charge in [0.2, 0.25) is 0 Å². The van der Waals surface area contributed by atoms with Crippen LogP contribution in [0.1, 0.15) is 27.7 Å². The molecule has 1 amide bonds. The van der Waals surface area contributed by atoms with Gasteiger partial charge in [-0.1, -0.05) is 13.8 Å². The lowest BCUT2D eigenvalue weighted by atomic mass is 10.1. The van der Waals surface area contributed by atoms with E-state index in [1.54, 1.807) is 4.90 Å². The van der Waals surface area contributed by atoms with Crippen molar-refractivity contribution in [2.45, 2.75) is 39.8 Å². The summed E-state index contributed by atoms with van der Waals surface area (Å²) in [6, 6.07) is 0.695. The largest absolute Gasteiger partial charge is 0.449 e. The maximum Gasteiger partial charge on any atom is 0.409 e. The fourth-order valence-corrected chi connectivity index (χ4v) is 1.81. The van der Waals surface area contributed by atoms with E-state index < -0.39 is 0 Å². The molecule has 4 nitrogen and oxygen atoms in total. The Kier molecular flexibility index (Phi) is 4.39. The summed E-state index contributed by atoms with van der Waals surface area (Å²) >= 11 is 0. The highest BCUT2D eigenvalue weighted by atomic mass is 16.6. The number of nitrogens with zero attached hydrogens (tertiary/aromatic N) is 1. The number of carbonyl (C=O) groups is 1. The highest BCUT2D eigenvalue weighted by Gasteiger charge is 2.25. The van der Waals surface area contributed by atoms with Crippen molar-refractivity contribution in [3.63, 3.8) is 0 Å². The van der Waals surface area contributed by atoms with Gasteiger partial charge in [-0.2, -0.15) is 0 Å². The first-order chi connectivity index (χ1) is 6.99. The Hall–Kier alpha value is -0.770. The molecule has 1 aliphatic rings. The molecule has 2 atom stereocenters. The van der Waals surface area contributed by atoms with Crippen LogP contribution in [-0.2, 0) is 4.74 Å². The van der Waals surface area contributed by atoms with Crippen molar-refractivity contribution in [1.82, 2.24) is 10.2 Å². The molecule has 1 saturated heterocycles. The van der Waals surface area contributed by atoms with Gasteiger partial charge in [-0.3, -0.25) is 0 Å². The minimum Gasteiger partial charge on any atom is -0.449 e. The molecule has 1 N–H and O–H groups in total. The number of piperazine rings is 1. The summed E-state index contributed by atoms with van der Waals surface area (Å²) in [5.74, 6) is 0.395. The fourth-order valence-electron chi connectivity index (χ4n) is 1.81. The number of rotatable bonds is 2. The van der Waals surface area contributed by atoms with E-state index in [0.717, 1.165) is 13.1 Å². The van der Waals surface area contributed by atoms with E-state index in [1.807, 2.05) is 13.8 Å². The van der Waals surface area contributed by atoms with Crippen LogP contribution in [0.4, 0.5) is 4.79 Å². The zero-order valence-corrected chi connectivity index (χ0v) is 10.1. The maximum absolute atomic E-state index is 11.7. The quantitative estimate of drug-likeness (QED) is 0.756. The van der Waals surface area contributed by atoms with Gasteiger partial charge in [-0.05, 0) is 19.8 Å². The van der Waals surface area contributed by atoms with Crippen LogP contribution in [0.3, 0.4) is 0 Å². The number of ether oxygens (including phenoxy) is 1. The predicted octanol–water partition coefficient (Wildman–Crippen LogP) is 1.46. The third kappa shape index (κ3) is 4.08. The van der Waals surface area contributed by atoms with Gasteiger partial charge in [-0.15, -0.1) is 0 Å². The van der Waals surface area contributed by atoms with E-state index >= 15 is 0 Å². The molecule has 0 aromatic heterocycles. The van der Waals surface area contributed by atoms with Crippen molar-refractivity contribution < 1.29 is 9.53 Å². The molecule has 0 aromatic carbocycles. The number of hydrogen-bond donors (Lipinski definition) is 1. The smallest absolute Gasteiger partial charge is 0.409 e. The second kappa shape index (κ2) is 5.35. The van der Waals surface area contributed by atoms with Gasteiger partial charge in [0.15, 0.2) is 0 Å². The highest BCUT2D eigenvalue weighted by Crippen LogP contribution is 2.06. The first kappa shape index (κ1) is 12.3. The molecule has 0 radical (unpaired) electrons. The van der Waals surface area contributed by atoms with Crippen LogP contribution >= 0.6 is 0 Å². The summed E-state index contributed by atoms with van der Waals surface area (Å²) in [6.07, 6.45) is -0.177. The van der Waals surface area contributed by atoms with Crippen molar-refractivity contribution in [2.24, 2.45) is 5.92 Å². The normalized spacial score (nSPS) is 26.9. The molecule has 2 unspecified atom stereocenters. The van der Waals surface area contributed by atoms with E-state index in [0.29, 0.717) is 24.6 Å². The van der Waals surface area contributed by atoms with Crippen molar-refractivity contribution in [2.75, 3.05) is 19.7 Å². The van der Waals surface area contributed by atoms with Gasteiger partial charge in [0, 0.05) is 25.2 Å². The summed E-state index contributed by atoms with van der Waals surface area (Å²) in [5, 5.41) is 3.38. The van der Waals surface area contributed by atoms with Crippen LogP contribution in [0.25, 0.3) is 0 Å². The Morgan fingerprint density at radius 1 is 1.40 bits per heavy atom. The third-order valence-corrected chi connectivity index (χ3v) is 2.36. The molecule has 0 spiro atoms. The average Bonchev–Trinajstić information content (AvgIpc) is 2.12. The SMILES string of the molecule is CC(C)COC(=O)N1CC(C)NC(C)C1. The van der Waals surface area contributed by atoms with Crippen molar-refractivity contribution >= 4 is 6.09 Å². The lowest BCUT2D eigenvalue weighted by Gasteiger charge is -2.35. The fraction of sp³-hybridized carbons (Fsp3) is 0.909. The van der Waals surface area contributed by atoms with E-state index in [4.69, 9.17) is 4.74 Å². The zero-order chi connectivity index (χ0) is 11.4. The van der Waals surface area contributed by atoms with Crippen LogP contribution in [0, 0.1) is 5.92 Å². The van der Waals surface area contributed by atoms with Crippen LogP contribution in [0.15, 0.2) is 0 Å².